The molecule has 0 aliphatic rings. The maximum Gasteiger partial charge on any atom is 0.208 e. The molecule has 2 aromatic heterocycles. The van der Waals surface area contributed by atoms with Gasteiger partial charge in [0.25, 0.3) is 0 Å². The Kier molecular flexibility index (Phi) is 3.64. The third kappa shape index (κ3) is 2.98. The molecule has 0 unspecified atom stereocenters. The normalized spacial score (nSPS) is 10.2. The first-order valence-corrected chi connectivity index (χ1v) is 6.28. The predicted octanol–water partition coefficient (Wildman–Crippen LogP) is 1.36. The largest absolute Gasteiger partial charge is 0.353 e. The highest BCUT2D eigenvalue weighted by Gasteiger charge is 2.08. The molecule has 0 saturated carbocycles. The summed E-state index contributed by atoms with van der Waals surface area (Å²) in [7, 11) is 3.81. The smallest absolute Gasteiger partial charge is 0.208 e. The van der Waals surface area contributed by atoms with Crippen molar-refractivity contribution in [2.24, 2.45) is 0 Å². The maximum absolute atomic E-state index is 10.4. The van der Waals surface area contributed by atoms with Gasteiger partial charge in [-0.3, -0.25) is 4.79 Å². The first-order valence-electron chi connectivity index (χ1n) is 4.65. The molecule has 8 heteroatoms. The lowest BCUT2D eigenvalue weighted by atomic mass is 10.4. The Morgan fingerprint density at radius 2 is 2.00 bits per heavy atom. The fraction of sp³-hybridized carbons (Fsp3) is 0.222. The number of aromatic nitrogens is 4. The van der Waals surface area contributed by atoms with E-state index in [1.807, 2.05) is 19.0 Å². The number of aldehydes is 1. The van der Waals surface area contributed by atoms with E-state index in [4.69, 9.17) is 0 Å². The van der Waals surface area contributed by atoms with Crippen LogP contribution in [0.2, 0.25) is 0 Å². The van der Waals surface area contributed by atoms with Crippen LogP contribution in [-0.2, 0) is 0 Å². The third-order valence-electron chi connectivity index (χ3n) is 1.74. The van der Waals surface area contributed by atoms with Crippen LogP contribution < -0.4 is 4.90 Å². The second-order valence-corrected chi connectivity index (χ2v) is 5.43. The van der Waals surface area contributed by atoms with Crippen molar-refractivity contribution in [1.82, 2.24) is 20.2 Å². The minimum atomic E-state index is 0.459. The molecule has 0 radical (unpaired) electrons. The highest BCUT2D eigenvalue weighted by atomic mass is 32.2. The Morgan fingerprint density at radius 3 is 2.53 bits per heavy atom. The Balaban J connectivity index is 2.10. The summed E-state index contributed by atoms with van der Waals surface area (Å²) >= 11 is 2.79. The minimum Gasteiger partial charge on any atom is -0.353 e. The molecule has 88 valence electrons. The lowest BCUT2D eigenvalue weighted by molar-refractivity contribution is 0.112. The molecule has 0 N–H and O–H groups in total. The molecule has 0 aliphatic heterocycles. The minimum absolute atomic E-state index is 0.459. The molecule has 0 bridgehead atoms. The van der Waals surface area contributed by atoms with Gasteiger partial charge in [-0.25, -0.2) is 9.97 Å². The number of anilines is 1. The Labute approximate surface area is 106 Å². The Hall–Kier alpha value is -1.54. The third-order valence-corrected chi connectivity index (χ3v) is 3.78. The SMILES string of the molecule is CN(C)c1nnc(Sc2ncc(C=O)cn2)s1. The summed E-state index contributed by atoms with van der Waals surface area (Å²) in [4.78, 5) is 20.4. The molecule has 0 amide bonds. The van der Waals surface area contributed by atoms with Gasteiger partial charge in [-0.15, -0.1) is 10.2 Å². The molecule has 0 atom stereocenters. The van der Waals surface area contributed by atoms with E-state index < -0.39 is 0 Å². The van der Waals surface area contributed by atoms with Gasteiger partial charge in [0.05, 0.1) is 5.56 Å². The number of nitrogens with zero attached hydrogens (tertiary/aromatic N) is 5. The van der Waals surface area contributed by atoms with Gasteiger partial charge in [-0.2, -0.15) is 0 Å². The van der Waals surface area contributed by atoms with Gasteiger partial charge < -0.3 is 4.90 Å². The van der Waals surface area contributed by atoms with Crippen LogP contribution in [0.4, 0.5) is 5.13 Å². The van der Waals surface area contributed by atoms with Crippen LogP contribution in [0.25, 0.3) is 0 Å². The molecule has 2 aromatic rings. The lowest BCUT2D eigenvalue weighted by Crippen LogP contribution is -2.07. The van der Waals surface area contributed by atoms with E-state index in [1.165, 1.54) is 35.5 Å². The first kappa shape index (κ1) is 11.9. The van der Waals surface area contributed by atoms with E-state index in [-0.39, 0.29) is 0 Å². The van der Waals surface area contributed by atoms with Crippen LogP contribution in [0, 0.1) is 0 Å². The fourth-order valence-corrected chi connectivity index (χ4v) is 2.51. The second-order valence-electron chi connectivity index (χ2n) is 3.26. The maximum atomic E-state index is 10.4. The first-order chi connectivity index (χ1) is 8.19. The quantitative estimate of drug-likeness (QED) is 0.611. The van der Waals surface area contributed by atoms with Crippen LogP contribution in [0.5, 0.6) is 0 Å². The van der Waals surface area contributed by atoms with E-state index in [1.54, 1.807) is 0 Å². The second kappa shape index (κ2) is 5.19. The average Bonchev–Trinajstić information content (AvgIpc) is 2.79. The van der Waals surface area contributed by atoms with Gasteiger partial charge in [0.15, 0.2) is 15.8 Å². The highest BCUT2D eigenvalue weighted by molar-refractivity contribution is 8.00. The number of rotatable bonds is 4. The van der Waals surface area contributed by atoms with Crippen LogP contribution in [0.1, 0.15) is 10.4 Å². The van der Waals surface area contributed by atoms with E-state index in [9.17, 15) is 4.79 Å². The molecule has 2 rings (SSSR count). The molecule has 0 saturated heterocycles. The van der Waals surface area contributed by atoms with Crippen LogP contribution >= 0.6 is 23.1 Å². The summed E-state index contributed by atoms with van der Waals surface area (Å²) in [6.45, 7) is 0. The fourth-order valence-electron chi connectivity index (χ4n) is 0.942. The summed E-state index contributed by atoms with van der Waals surface area (Å²) in [6, 6.07) is 0. The molecule has 0 fully saturated rings. The summed E-state index contributed by atoms with van der Waals surface area (Å²) in [5, 5.41) is 9.41. The number of hydrogen-bond donors (Lipinski definition) is 0. The van der Waals surface area contributed by atoms with Gasteiger partial charge in [-0.05, 0) is 11.8 Å². The van der Waals surface area contributed by atoms with E-state index in [0.29, 0.717) is 17.0 Å². The van der Waals surface area contributed by atoms with Gasteiger partial charge in [-0.1, -0.05) is 11.3 Å². The van der Waals surface area contributed by atoms with Gasteiger partial charge in [0.1, 0.15) is 0 Å². The molecular formula is C9H9N5OS2. The van der Waals surface area contributed by atoms with Gasteiger partial charge >= 0.3 is 0 Å². The summed E-state index contributed by atoms with van der Waals surface area (Å²) in [5.74, 6) is 0. The zero-order chi connectivity index (χ0) is 12.3. The molecule has 6 nitrogen and oxygen atoms in total. The molecule has 17 heavy (non-hydrogen) atoms. The molecule has 2 heterocycles. The zero-order valence-electron chi connectivity index (χ0n) is 9.19. The van der Waals surface area contributed by atoms with Crippen LogP contribution in [0.3, 0.4) is 0 Å². The summed E-state index contributed by atoms with van der Waals surface area (Å²) in [5.41, 5.74) is 0.459. The van der Waals surface area contributed by atoms with E-state index in [2.05, 4.69) is 20.2 Å². The standard InChI is InChI=1S/C9H9N5OS2/c1-14(2)8-12-13-9(17-8)16-7-10-3-6(5-15)4-11-7/h3-5H,1-2H3. The van der Waals surface area contributed by atoms with E-state index >= 15 is 0 Å². The monoisotopic (exact) mass is 267 g/mol. The Bertz CT molecular complexity index is 510. The molecule has 0 aromatic carbocycles. The predicted molar refractivity (Wildman–Crippen MR) is 65.8 cm³/mol. The van der Waals surface area contributed by atoms with E-state index in [0.717, 1.165) is 9.47 Å². The number of carbonyl (C=O) groups is 1. The van der Waals surface area contributed by atoms with Crippen LogP contribution in [0.15, 0.2) is 21.9 Å². The van der Waals surface area contributed by atoms with Crippen molar-refractivity contribution in [2.75, 3.05) is 19.0 Å². The lowest BCUT2D eigenvalue weighted by Gasteiger charge is -2.03. The number of carbonyl (C=O) groups excluding carboxylic acids is 1. The van der Waals surface area contributed by atoms with Crippen molar-refractivity contribution in [3.8, 4) is 0 Å². The topological polar surface area (TPSA) is 71.9 Å². The van der Waals surface area contributed by atoms with Crippen molar-refractivity contribution in [1.29, 1.82) is 0 Å². The zero-order valence-corrected chi connectivity index (χ0v) is 10.8. The van der Waals surface area contributed by atoms with Crippen molar-refractivity contribution in [3.63, 3.8) is 0 Å². The summed E-state index contributed by atoms with van der Waals surface area (Å²) < 4.78 is 0.771. The van der Waals surface area contributed by atoms with Crippen LogP contribution in [-0.4, -0.2) is 40.5 Å². The summed E-state index contributed by atoms with van der Waals surface area (Å²) in [6.07, 6.45) is 3.68. The van der Waals surface area contributed by atoms with Crippen molar-refractivity contribution in [3.05, 3.63) is 18.0 Å². The van der Waals surface area contributed by atoms with Crippen molar-refractivity contribution >= 4 is 34.5 Å². The molecule has 0 aliphatic carbocycles. The Morgan fingerprint density at radius 1 is 1.29 bits per heavy atom. The van der Waals surface area contributed by atoms with Crippen molar-refractivity contribution in [2.45, 2.75) is 9.50 Å². The molecular weight excluding hydrogens is 258 g/mol. The number of hydrogen-bond acceptors (Lipinski definition) is 8. The van der Waals surface area contributed by atoms with Gasteiger partial charge in [0.2, 0.25) is 5.13 Å². The van der Waals surface area contributed by atoms with Gasteiger partial charge in [0, 0.05) is 26.5 Å². The molecule has 0 spiro atoms. The average molecular weight is 267 g/mol. The highest BCUT2D eigenvalue weighted by Crippen LogP contribution is 2.30. The van der Waals surface area contributed by atoms with Crippen molar-refractivity contribution < 1.29 is 4.79 Å².